The molecule has 0 radical (unpaired) electrons. The zero-order valence-electron chi connectivity index (χ0n) is 21.6. The Kier molecular flexibility index (Phi) is 21.4. The van der Waals surface area contributed by atoms with Gasteiger partial charge in [0.25, 0.3) is 0 Å². The van der Waals surface area contributed by atoms with Gasteiger partial charge in [0.1, 0.15) is 12.4 Å². The molecule has 0 aliphatic heterocycles. The van der Waals surface area contributed by atoms with Crippen LogP contribution < -0.4 is 22.1 Å². The van der Waals surface area contributed by atoms with E-state index in [0.29, 0.717) is 26.0 Å². The first kappa shape index (κ1) is 33.4. The third-order valence-corrected chi connectivity index (χ3v) is 11.8. The van der Waals surface area contributed by atoms with E-state index in [0.717, 1.165) is 57.9 Å². The van der Waals surface area contributed by atoms with Gasteiger partial charge in [0.05, 0.1) is 0 Å². The normalized spacial score (nSPS) is 23.0. The van der Waals surface area contributed by atoms with E-state index in [1.807, 2.05) is 42.3 Å². The van der Waals surface area contributed by atoms with E-state index in [9.17, 15) is 9.59 Å². The Hall–Kier alpha value is 0.380. The Morgan fingerprint density at radius 1 is 0.829 bits per heavy atom. The third kappa shape index (κ3) is 16.8. The minimum atomic E-state index is -0.0676. The monoisotopic (exact) mass is 568 g/mol. The summed E-state index contributed by atoms with van der Waals surface area (Å²) in [5.74, 6) is 4.46. The van der Waals surface area contributed by atoms with Gasteiger partial charge in [-0.15, -0.1) is 0 Å². The molecule has 0 aromatic heterocycles. The highest BCUT2D eigenvalue weighted by molar-refractivity contribution is 8.04. The largest absolute Gasteiger partial charge is 0.372 e. The molecule has 2 saturated carbocycles. The molecule has 0 saturated heterocycles. The van der Waals surface area contributed by atoms with Crippen molar-refractivity contribution in [3.8, 4) is 0 Å². The van der Waals surface area contributed by atoms with Gasteiger partial charge in [-0.3, -0.25) is 4.79 Å². The zero-order valence-corrected chi connectivity index (χ0v) is 24.9. The van der Waals surface area contributed by atoms with Crippen molar-refractivity contribution in [3.63, 3.8) is 0 Å². The van der Waals surface area contributed by atoms with Crippen LogP contribution in [0.15, 0.2) is 0 Å². The molecule has 206 valence electrons. The second-order valence-corrected chi connectivity index (χ2v) is 14.1. The average molecular weight is 569 g/mol. The summed E-state index contributed by atoms with van der Waals surface area (Å²) in [5.41, 5.74) is 10.9. The minimum absolute atomic E-state index is 0.0676. The number of nitrogens with one attached hydrogen (secondary N) is 2. The van der Waals surface area contributed by atoms with Crippen LogP contribution in [0.4, 0.5) is 0 Å². The molecule has 0 aromatic rings. The van der Waals surface area contributed by atoms with E-state index < -0.39 is 0 Å². The lowest BCUT2D eigenvalue weighted by Crippen LogP contribution is -2.34. The Labute approximate surface area is 230 Å². The SMILES string of the molecule is CNCCSC1CCC1SCCNC(=O)COCCCC(C)=O.NCCSC1CCC1SCCN. The number of carbonyl (C=O) groups excluding carboxylic acids is 2. The number of nitrogens with two attached hydrogens (primary N) is 2. The van der Waals surface area contributed by atoms with Crippen LogP contribution in [0.2, 0.25) is 0 Å². The summed E-state index contributed by atoms with van der Waals surface area (Å²) in [7, 11) is 1.99. The van der Waals surface area contributed by atoms with Gasteiger partial charge in [-0.25, -0.2) is 0 Å². The molecular weight excluding hydrogens is 521 g/mol. The highest BCUT2D eigenvalue weighted by Crippen LogP contribution is 2.40. The van der Waals surface area contributed by atoms with Crippen LogP contribution in [-0.4, -0.2) is 102 Å². The maximum atomic E-state index is 11.6. The summed E-state index contributed by atoms with van der Waals surface area (Å²) in [6, 6.07) is 0. The van der Waals surface area contributed by atoms with Crippen molar-refractivity contribution in [2.24, 2.45) is 11.5 Å². The molecular formula is C24H48N4O3S4. The molecule has 2 rings (SSSR count). The molecule has 11 heteroatoms. The third-order valence-electron chi connectivity index (χ3n) is 5.69. The van der Waals surface area contributed by atoms with Crippen LogP contribution in [0.1, 0.15) is 45.4 Å². The average Bonchev–Trinajstić information content (AvgIpc) is 2.80. The Morgan fingerprint density at radius 2 is 1.31 bits per heavy atom. The van der Waals surface area contributed by atoms with Gasteiger partial charge in [0, 0.05) is 83.2 Å². The first-order chi connectivity index (χ1) is 17.0. The van der Waals surface area contributed by atoms with Crippen LogP contribution in [0, 0.1) is 0 Å². The second kappa shape index (κ2) is 22.4. The number of ketones is 1. The number of hydrogen-bond acceptors (Lipinski definition) is 10. The molecule has 7 nitrogen and oxygen atoms in total. The van der Waals surface area contributed by atoms with Crippen molar-refractivity contribution in [2.45, 2.75) is 66.4 Å². The van der Waals surface area contributed by atoms with E-state index >= 15 is 0 Å². The summed E-state index contributed by atoms with van der Waals surface area (Å²) in [6.07, 6.45) is 6.60. The number of rotatable bonds is 20. The minimum Gasteiger partial charge on any atom is -0.372 e. The summed E-state index contributed by atoms with van der Waals surface area (Å²) in [5, 5.41) is 9.33. The van der Waals surface area contributed by atoms with Crippen molar-refractivity contribution >= 4 is 58.7 Å². The van der Waals surface area contributed by atoms with Gasteiger partial charge in [0.15, 0.2) is 0 Å². The van der Waals surface area contributed by atoms with Gasteiger partial charge in [-0.05, 0) is 46.1 Å². The fourth-order valence-corrected chi connectivity index (χ4v) is 9.01. The maximum absolute atomic E-state index is 11.6. The predicted octanol–water partition coefficient (Wildman–Crippen LogP) is 2.61. The molecule has 4 unspecified atom stereocenters. The van der Waals surface area contributed by atoms with Crippen LogP contribution in [0.25, 0.3) is 0 Å². The van der Waals surface area contributed by atoms with Crippen molar-refractivity contribution in [1.82, 2.24) is 10.6 Å². The van der Waals surface area contributed by atoms with Gasteiger partial charge in [-0.1, -0.05) is 0 Å². The van der Waals surface area contributed by atoms with Crippen LogP contribution in [0.5, 0.6) is 0 Å². The standard InChI is InChI=1S/C16H30N2O3S2.C8H18N2S2/c1-13(19)4-3-9-21-12-16(20)18-8-11-23-15-6-5-14(15)22-10-7-17-2;9-3-5-11-7-1-2-8(7)12-6-4-10/h14-15,17H,3-12H2,1-2H3,(H,18,20);7-8H,1-6,9-10H2. The highest BCUT2D eigenvalue weighted by atomic mass is 32.2. The molecule has 4 atom stereocenters. The van der Waals surface area contributed by atoms with Crippen LogP contribution >= 0.6 is 47.0 Å². The van der Waals surface area contributed by atoms with Crippen molar-refractivity contribution < 1.29 is 14.3 Å². The predicted molar refractivity (Wildman–Crippen MR) is 159 cm³/mol. The van der Waals surface area contributed by atoms with Gasteiger partial charge < -0.3 is 31.6 Å². The molecule has 6 N–H and O–H groups in total. The topological polar surface area (TPSA) is 119 Å². The number of Topliss-reactive ketones (excluding diaryl/α,β-unsaturated/α-hetero) is 1. The van der Waals surface area contributed by atoms with Gasteiger partial charge in [0.2, 0.25) is 5.91 Å². The lowest BCUT2D eigenvalue weighted by atomic mass is 9.99. The Bertz CT molecular complexity index is 549. The van der Waals surface area contributed by atoms with E-state index in [4.69, 9.17) is 16.2 Å². The fraction of sp³-hybridized carbons (Fsp3) is 0.917. The Balaban J connectivity index is 0.000000427. The first-order valence-electron chi connectivity index (χ1n) is 12.9. The summed E-state index contributed by atoms with van der Waals surface area (Å²) in [6.45, 7) is 5.52. The van der Waals surface area contributed by atoms with E-state index in [1.54, 1.807) is 6.92 Å². The number of thioether (sulfide) groups is 4. The highest BCUT2D eigenvalue weighted by Gasteiger charge is 2.31. The van der Waals surface area contributed by atoms with E-state index in [1.165, 1.54) is 31.4 Å². The number of ether oxygens (including phenoxy) is 1. The number of carbonyl (C=O) groups is 2. The molecule has 2 aliphatic carbocycles. The van der Waals surface area contributed by atoms with Crippen LogP contribution in [-0.2, 0) is 14.3 Å². The summed E-state index contributed by atoms with van der Waals surface area (Å²) < 4.78 is 5.25. The van der Waals surface area contributed by atoms with E-state index in [2.05, 4.69) is 22.4 Å². The lowest BCUT2D eigenvalue weighted by molar-refractivity contribution is -0.125. The lowest BCUT2D eigenvalue weighted by Gasteiger charge is -2.35. The molecule has 0 spiro atoms. The molecule has 0 heterocycles. The van der Waals surface area contributed by atoms with E-state index in [-0.39, 0.29) is 18.3 Å². The summed E-state index contributed by atoms with van der Waals surface area (Å²) >= 11 is 8.11. The fourth-order valence-electron chi connectivity index (χ4n) is 3.43. The molecule has 0 aromatic carbocycles. The number of amides is 1. The van der Waals surface area contributed by atoms with Crippen molar-refractivity contribution in [2.75, 3.05) is 69.5 Å². The Morgan fingerprint density at radius 3 is 1.74 bits per heavy atom. The van der Waals surface area contributed by atoms with Crippen molar-refractivity contribution in [3.05, 3.63) is 0 Å². The second-order valence-electron chi connectivity index (χ2n) is 8.68. The van der Waals surface area contributed by atoms with Crippen molar-refractivity contribution in [1.29, 1.82) is 0 Å². The maximum Gasteiger partial charge on any atom is 0.246 e. The molecule has 2 fully saturated rings. The zero-order chi connectivity index (χ0) is 25.7. The number of hydrogen-bond donors (Lipinski definition) is 4. The van der Waals surface area contributed by atoms with Crippen LogP contribution in [0.3, 0.4) is 0 Å². The smallest absolute Gasteiger partial charge is 0.246 e. The molecule has 0 bridgehead atoms. The summed E-state index contributed by atoms with van der Waals surface area (Å²) in [4.78, 5) is 22.3. The molecule has 35 heavy (non-hydrogen) atoms. The molecule has 1 amide bonds. The van der Waals surface area contributed by atoms with Gasteiger partial charge >= 0.3 is 0 Å². The molecule has 2 aliphatic rings. The quantitative estimate of drug-likeness (QED) is 0.163. The first-order valence-corrected chi connectivity index (χ1v) is 17.1. The van der Waals surface area contributed by atoms with Gasteiger partial charge in [-0.2, -0.15) is 47.0 Å².